The number of amides is 2. The van der Waals surface area contributed by atoms with Crippen LogP contribution in [0.15, 0.2) is 35.9 Å². The average Bonchev–Trinajstić information content (AvgIpc) is 3.65. The first-order valence-electron chi connectivity index (χ1n) is 14.1. The number of halogens is 4. The van der Waals surface area contributed by atoms with Gasteiger partial charge in [0.2, 0.25) is 5.91 Å². The Morgan fingerprint density at radius 2 is 1.93 bits per heavy atom. The number of methoxy groups -OCH3 is 2. The van der Waals surface area contributed by atoms with Crippen molar-refractivity contribution in [2.24, 2.45) is 5.92 Å². The van der Waals surface area contributed by atoms with Crippen molar-refractivity contribution in [1.29, 1.82) is 0 Å². The van der Waals surface area contributed by atoms with E-state index in [1.807, 2.05) is 6.92 Å². The van der Waals surface area contributed by atoms with Gasteiger partial charge in [-0.3, -0.25) is 10.1 Å². The predicted octanol–water partition coefficient (Wildman–Crippen LogP) is 4.23. The van der Waals surface area contributed by atoms with Gasteiger partial charge in [0.25, 0.3) is 0 Å². The zero-order chi connectivity index (χ0) is 33.5. The lowest BCUT2D eigenvalue weighted by molar-refractivity contribution is -0.207. The van der Waals surface area contributed by atoms with E-state index in [9.17, 15) is 32.7 Å². The first kappa shape index (κ1) is 34.5. The van der Waals surface area contributed by atoms with Crippen LogP contribution in [0.2, 0.25) is 5.02 Å². The van der Waals surface area contributed by atoms with E-state index in [1.165, 1.54) is 28.2 Å². The van der Waals surface area contributed by atoms with E-state index in [-0.39, 0.29) is 22.9 Å². The van der Waals surface area contributed by atoms with Gasteiger partial charge in [-0.05, 0) is 38.0 Å². The number of aliphatic hydroxyl groups is 1. The van der Waals surface area contributed by atoms with Crippen LogP contribution in [0, 0.1) is 5.92 Å². The molecular formula is C30H36ClF3N2O9. The van der Waals surface area contributed by atoms with Crippen molar-refractivity contribution in [3.05, 3.63) is 46.5 Å². The molecule has 2 amide bonds. The summed E-state index contributed by atoms with van der Waals surface area (Å²) in [6, 6.07) is 3.33. The summed E-state index contributed by atoms with van der Waals surface area (Å²) < 4.78 is 67.0. The first-order chi connectivity index (χ1) is 20.9. The molecule has 0 spiro atoms. The fourth-order valence-electron chi connectivity index (χ4n) is 5.80. The topological polar surface area (TPSA) is 136 Å². The number of hydrogen-bond donors (Lipinski definition) is 2. The molecule has 3 aliphatic heterocycles. The molecule has 1 aromatic rings. The second kappa shape index (κ2) is 12.8. The number of rotatable bonds is 3. The molecule has 7 atom stereocenters. The average molecular weight is 661 g/mol. The molecule has 4 rings (SSSR count). The normalized spacial score (nSPS) is 32.6. The van der Waals surface area contributed by atoms with Crippen LogP contribution in [0.1, 0.15) is 39.2 Å². The monoisotopic (exact) mass is 660 g/mol. The number of hydrogen-bond acceptors (Lipinski definition) is 9. The maximum absolute atomic E-state index is 13.6. The Hall–Kier alpha value is -3.33. The first-order valence-corrected chi connectivity index (χ1v) is 14.5. The number of ether oxygens (including phenoxy) is 5. The maximum Gasteiger partial charge on any atom is 0.490 e. The van der Waals surface area contributed by atoms with Crippen molar-refractivity contribution in [3.63, 3.8) is 0 Å². The van der Waals surface area contributed by atoms with E-state index in [0.29, 0.717) is 12.0 Å². The fourth-order valence-corrected chi connectivity index (χ4v) is 6.11. The molecule has 0 aliphatic carbocycles. The lowest BCUT2D eigenvalue weighted by Crippen LogP contribution is -2.63. The smallest absolute Gasteiger partial charge is 0.490 e. The van der Waals surface area contributed by atoms with Gasteiger partial charge < -0.3 is 33.7 Å². The predicted molar refractivity (Wildman–Crippen MR) is 155 cm³/mol. The van der Waals surface area contributed by atoms with Crippen LogP contribution < -0.4 is 15.0 Å². The van der Waals surface area contributed by atoms with Crippen molar-refractivity contribution >= 4 is 35.3 Å². The molecular weight excluding hydrogens is 625 g/mol. The van der Waals surface area contributed by atoms with Gasteiger partial charge in [0.1, 0.15) is 34.7 Å². The number of epoxide rings is 1. The molecule has 0 radical (unpaired) electrons. The van der Waals surface area contributed by atoms with Crippen LogP contribution in [0.4, 0.5) is 23.7 Å². The van der Waals surface area contributed by atoms with Crippen LogP contribution in [0.25, 0.3) is 0 Å². The molecule has 248 valence electrons. The van der Waals surface area contributed by atoms with Crippen LogP contribution >= 0.6 is 11.6 Å². The van der Waals surface area contributed by atoms with Gasteiger partial charge in [0, 0.05) is 26.5 Å². The molecule has 1 aromatic carbocycles. The van der Waals surface area contributed by atoms with E-state index in [0.717, 1.165) is 10.5 Å². The molecule has 3 aliphatic rings. The minimum Gasteiger partial charge on any atom is -0.495 e. The zero-order valence-electron chi connectivity index (χ0n) is 25.6. The van der Waals surface area contributed by atoms with Crippen molar-refractivity contribution in [1.82, 2.24) is 5.32 Å². The Kier molecular flexibility index (Phi) is 9.84. The maximum atomic E-state index is 13.6. The van der Waals surface area contributed by atoms with E-state index in [4.69, 9.17) is 35.3 Å². The minimum atomic E-state index is -5.34. The lowest BCUT2D eigenvalue weighted by atomic mass is 9.83. The largest absolute Gasteiger partial charge is 0.495 e. The number of allylic oxidation sites excluding steroid dienone is 3. The zero-order valence-corrected chi connectivity index (χ0v) is 26.3. The van der Waals surface area contributed by atoms with Crippen molar-refractivity contribution in [3.8, 4) is 5.75 Å². The summed E-state index contributed by atoms with van der Waals surface area (Å²) in [6.07, 6.45) is -6.43. The molecule has 15 heteroatoms. The summed E-state index contributed by atoms with van der Waals surface area (Å²) in [5.74, 6) is -3.69. The SMILES string of the molecule is COc1cc2cc(c1Cl)N(C)C(=O)CC(OC(=O)C(F)(F)F)C1(C)OC1C(C)C1CC(O)(NC(=O)O1)C(OC)C=CC=C(C)C2. The summed E-state index contributed by atoms with van der Waals surface area (Å²) in [5.41, 5.74) is -1.74. The highest BCUT2D eigenvalue weighted by molar-refractivity contribution is 6.35. The third-order valence-electron chi connectivity index (χ3n) is 8.43. The van der Waals surface area contributed by atoms with Gasteiger partial charge in [-0.1, -0.05) is 42.3 Å². The van der Waals surface area contributed by atoms with E-state index >= 15 is 0 Å². The fraction of sp³-hybridized carbons (Fsp3) is 0.567. The van der Waals surface area contributed by atoms with Gasteiger partial charge in [0.05, 0.1) is 25.3 Å². The van der Waals surface area contributed by atoms with Crippen LogP contribution in [-0.2, 0) is 35.0 Å². The number of carbonyl (C=O) groups is 3. The quantitative estimate of drug-likeness (QED) is 0.361. The molecule has 2 saturated heterocycles. The highest BCUT2D eigenvalue weighted by atomic mass is 35.5. The summed E-state index contributed by atoms with van der Waals surface area (Å²) in [4.78, 5) is 39.3. The second-order valence-electron chi connectivity index (χ2n) is 11.7. The summed E-state index contributed by atoms with van der Waals surface area (Å²) in [5, 5.41) is 14.0. The Morgan fingerprint density at radius 1 is 1.24 bits per heavy atom. The van der Waals surface area contributed by atoms with E-state index < -0.39 is 72.2 Å². The summed E-state index contributed by atoms with van der Waals surface area (Å²) >= 11 is 6.55. The standard InChI is InChI=1S/C30H36ClF3N2O9/c1-15-8-7-9-21(42-6)29(40)14-20(43-27(39)35-29)16(2)25-28(3,45-25)22(44-26(38)30(32,33)34)13-23(37)36(4)18-11-17(10-15)12-19(41-5)24(18)31/h7-9,11-12,16,20-22,25,40H,10,13-14H2,1-6H3,(H,35,39). The molecule has 3 heterocycles. The number of benzene rings is 1. The summed E-state index contributed by atoms with van der Waals surface area (Å²) in [7, 11) is 4.14. The molecule has 7 unspecified atom stereocenters. The number of alkyl halides is 3. The molecule has 0 saturated carbocycles. The molecule has 2 N–H and O–H groups in total. The van der Waals surface area contributed by atoms with E-state index in [1.54, 1.807) is 37.3 Å². The van der Waals surface area contributed by atoms with Crippen molar-refractivity contribution < 1.29 is 56.3 Å². The van der Waals surface area contributed by atoms with Gasteiger partial charge in [-0.25, -0.2) is 9.59 Å². The number of nitrogens with one attached hydrogen (secondary N) is 1. The van der Waals surface area contributed by atoms with Crippen LogP contribution in [0.5, 0.6) is 5.75 Å². The van der Waals surface area contributed by atoms with Gasteiger partial charge in [0.15, 0.2) is 5.72 Å². The number of esters is 1. The molecule has 0 aromatic heterocycles. The highest BCUT2D eigenvalue weighted by Gasteiger charge is 2.65. The second-order valence-corrected chi connectivity index (χ2v) is 12.1. The van der Waals surface area contributed by atoms with Crippen LogP contribution in [-0.4, -0.2) is 86.3 Å². The Morgan fingerprint density at radius 3 is 2.56 bits per heavy atom. The van der Waals surface area contributed by atoms with Gasteiger partial charge in [-0.15, -0.1) is 0 Å². The molecule has 2 fully saturated rings. The minimum absolute atomic E-state index is 0.0894. The molecule has 4 bridgehead atoms. The Balaban J connectivity index is 1.81. The molecule has 11 nitrogen and oxygen atoms in total. The van der Waals surface area contributed by atoms with Crippen LogP contribution in [0.3, 0.4) is 0 Å². The number of anilines is 1. The van der Waals surface area contributed by atoms with Gasteiger partial charge in [-0.2, -0.15) is 13.2 Å². The Labute approximate surface area is 263 Å². The third-order valence-corrected chi connectivity index (χ3v) is 8.81. The van der Waals surface area contributed by atoms with Crippen molar-refractivity contribution in [2.45, 2.75) is 82.0 Å². The number of alkyl carbamates (subject to hydrolysis) is 1. The lowest BCUT2D eigenvalue weighted by Gasteiger charge is -2.42. The number of fused-ring (bicyclic) bond motifs is 5. The highest BCUT2D eigenvalue weighted by Crippen LogP contribution is 2.49. The summed E-state index contributed by atoms with van der Waals surface area (Å²) in [6.45, 7) is 4.86. The van der Waals surface area contributed by atoms with E-state index in [2.05, 4.69) is 5.32 Å². The Bertz CT molecular complexity index is 1400. The number of carbonyl (C=O) groups excluding carboxylic acids is 3. The number of nitrogens with zero attached hydrogens (tertiary/aromatic N) is 1. The van der Waals surface area contributed by atoms with Crippen molar-refractivity contribution in [2.75, 3.05) is 26.2 Å². The van der Waals surface area contributed by atoms with Gasteiger partial charge >= 0.3 is 18.2 Å². The third kappa shape index (κ3) is 7.24. The molecule has 45 heavy (non-hydrogen) atoms.